The summed E-state index contributed by atoms with van der Waals surface area (Å²) in [5.41, 5.74) is 5.56. The van der Waals surface area contributed by atoms with Gasteiger partial charge in [0.25, 0.3) is 0 Å². The van der Waals surface area contributed by atoms with Gasteiger partial charge in [-0.3, -0.25) is 0 Å². The minimum absolute atomic E-state index is 0.306. The highest BCUT2D eigenvalue weighted by atomic mass is 16.5. The minimum atomic E-state index is -0.725. The van der Waals surface area contributed by atoms with Gasteiger partial charge in [0.1, 0.15) is 0 Å². The Hall–Kier alpha value is -4.31. The molecule has 2 aromatic carbocycles. The Bertz CT molecular complexity index is 1340. The molecule has 10 nitrogen and oxygen atoms in total. The number of allylic oxidation sites excluding steroid dienone is 2. The number of aryl methyl sites for hydroxylation is 1. The number of piperidine rings is 1. The van der Waals surface area contributed by atoms with Crippen LogP contribution in [0.5, 0.6) is 0 Å². The van der Waals surface area contributed by atoms with Gasteiger partial charge in [-0.25, -0.2) is 14.4 Å². The van der Waals surface area contributed by atoms with Crippen molar-refractivity contribution < 1.29 is 23.9 Å². The molecule has 2 heterocycles. The number of urea groups is 1. The fraction of sp³-hybridized carbons (Fsp3) is 0.406. The van der Waals surface area contributed by atoms with Gasteiger partial charge in [0.15, 0.2) is 0 Å². The lowest BCUT2D eigenvalue weighted by atomic mass is 9.80. The van der Waals surface area contributed by atoms with Crippen LogP contribution in [0.15, 0.2) is 71.1 Å². The van der Waals surface area contributed by atoms with Gasteiger partial charge < -0.3 is 35.6 Å². The number of nitrogens with zero attached hydrogens (tertiary/aromatic N) is 1. The molecule has 4 N–H and O–H groups in total. The number of rotatable bonds is 9. The summed E-state index contributed by atoms with van der Waals surface area (Å²) >= 11 is 0. The zero-order chi connectivity index (χ0) is 30.2. The largest absolute Gasteiger partial charge is 0.466 e. The highest BCUT2D eigenvalue weighted by Crippen LogP contribution is 2.39. The molecule has 0 aliphatic carbocycles. The van der Waals surface area contributed by atoms with Crippen molar-refractivity contribution in [3.8, 4) is 0 Å². The molecule has 2 aromatic rings. The Morgan fingerprint density at radius 3 is 2.14 bits per heavy atom. The molecule has 0 aromatic heterocycles. The molecule has 42 heavy (non-hydrogen) atoms. The van der Waals surface area contributed by atoms with Gasteiger partial charge in [-0.1, -0.05) is 30.3 Å². The molecule has 1 fully saturated rings. The van der Waals surface area contributed by atoms with Crippen molar-refractivity contribution in [3.05, 3.63) is 82.2 Å². The number of benzene rings is 2. The third kappa shape index (κ3) is 7.12. The lowest BCUT2D eigenvalue weighted by Crippen LogP contribution is -2.45. The smallest absolute Gasteiger partial charge is 0.336 e. The van der Waals surface area contributed by atoms with Gasteiger partial charge in [-0.05, 0) is 62.9 Å². The number of anilines is 2. The number of para-hydroxylation sites is 1. The summed E-state index contributed by atoms with van der Waals surface area (Å²) in [6.07, 6.45) is 2.10. The fourth-order valence-corrected chi connectivity index (χ4v) is 5.75. The fourth-order valence-electron chi connectivity index (χ4n) is 5.75. The van der Waals surface area contributed by atoms with Crippen LogP contribution in [0, 0.1) is 6.92 Å². The number of nitrogens with one attached hydrogen (secondary N) is 4. The summed E-state index contributed by atoms with van der Waals surface area (Å²) in [5, 5.41) is 12.4. The zero-order valence-corrected chi connectivity index (χ0v) is 25.0. The van der Waals surface area contributed by atoms with Gasteiger partial charge in [0, 0.05) is 55.0 Å². The van der Waals surface area contributed by atoms with Crippen molar-refractivity contribution in [2.24, 2.45) is 0 Å². The van der Waals surface area contributed by atoms with Gasteiger partial charge in [0.05, 0.1) is 31.3 Å². The summed E-state index contributed by atoms with van der Waals surface area (Å²) in [4.78, 5) is 40.6. The van der Waals surface area contributed by atoms with E-state index in [1.165, 1.54) is 25.5 Å². The number of amides is 2. The van der Waals surface area contributed by atoms with E-state index in [-0.39, 0.29) is 6.03 Å². The molecular formula is C32H41N5O5. The molecule has 0 radical (unpaired) electrons. The Morgan fingerprint density at radius 2 is 1.52 bits per heavy atom. The average molecular weight is 576 g/mol. The predicted octanol–water partition coefficient (Wildman–Crippen LogP) is 3.96. The SMILES string of the molecule is COC(=O)C1=C(C)NC(C)=C(C(=O)OC)C1c1cccc(NC(=O)NCCNC2CCN(c3ccccc3C)CC2)c1. The monoisotopic (exact) mass is 575 g/mol. The summed E-state index contributed by atoms with van der Waals surface area (Å²) in [6.45, 7) is 8.81. The molecule has 10 heteroatoms. The van der Waals surface area contributed by atoms with Crippen LogP contribution < -0.4 is 26.2 Å². The van der Waals surface area contributed by atoms with Crippen molar-refractivity contribution in [2.75, 3.05) is 50.6 Å². The van der Waals surface area contributed by atoms with Crippen molar-refractivity contribution >= 4 is 29.3 Å². The standard InChI is InChI=1S/C32H41N5O5/c1-20-9-6-7-12-26(20)37-17-13-24(14-18-37)33-15-16-34-32(40)36-25-11-8-10-23(19-25)29-27(30(38)41-4)21(2)35-22(3)28(29)31(39)42-5/h6-12,19,24,29,33,35H,13-18H2,1-5H3,(H2,34,36,40). The van der Waals surface area contributed by atoms with Crippen molar-refractivity contribution in [2.45, 2.75) is 45.6 Å². The van der Waals surface area contributed by atoms with Crippen LogP contribution >= 0.6 is 0 Å². The van der Waals surface area contributed by atoms with E-state index in [4.69, 9.17) is 9.47 Å². The molecule has 0 unspecified atom stereocenters. The van der Waals surface area contributed by atoms with Crippen LogP contribution in [0.3, 0.4) is 0 Å². The average Bonchev–Trinajstić information content (AvgIpc) is 2.99. The predicted molar refractivity (Wildman–Crippen MR) is 163 cm³/mol. The van der Waals surface area contributed by atoms with E-state index in [0.29, 0.717) is 52.9 Å². The van der Waals surface area contributed by atoms with Crippen LogP contribution in [0.2, 0.25) is 0 Å². The number of methoxy groups -OCH3 is 2. The maximum Gasteiger partial charge on any atom is 0.336 e. The van der Waals surface area contributed by atoms with E-state index in [0.717, 1.165) is 25.9 Å². The first-order valence-electron chi connectivity index (χ1n) is 14.3. The van der Waals surface area contributed by atoms with Crippen LogP contribution in [0.4, 0.5) is 16.2 Å². The van der Waals surface area contributed by atoms with E-state index >= 15 is 0 Å². The second-order valence-electron chi connectivity index (χ2n) is 10.6. The summed E-state index contributed by atoms with van der Waals surface area (Å²) in [6, 6.07) is 15.6. The number of carbonyl (C=O) groups is 3. The van der Waals surface area contributed by atoms with E-state index in [9.17, 15) is 14.4 Å². The van der Waals surface area contributed by atoms with Crippen LogP contribution in [-0.2, 0) is 19.1 Å². The lowest BCUT2D eigenvalue weighted by Gasteiger charge is -2.35. The number of esters is 2. The van der Waals surface area contributed by atoms with E-state index in [2.05, 4.69) is 57.4 Å². The highest BCUT2D eigenvalue weighted by molar-refractivity contribution is 6.00. The molecule has 1 saturated heterocycles. The quantitative estimate of drug-likeness (QED) is 0.262. The highest BCUT2D eigenvalue weighted by Gasteiger charge is 2.37. The van der Waals surface area contributed by atoms with Crippen molar-refractivity contribution in [1.82, 2.24) is 16.0 Å². The maximum atomic E-state index is 12.8. The molecule has 0 spiro atoms. The molecule has 2 aliphatic heterocycles. The summed E-state index contributed by atoms with van der Waals surface area (Å²) in [7, 11) is 2.60. The maximum absolute atomic E-state index is 12.8. The summed E-state index contributed by atoms with van der Waals surface area (Å²) < 4.78 is 10.1. The number of carbonyl (C=O) groups excluding carboxylic acids is 3. The molecule has 2 amide bonds. The van der Waals surface area contributed by atoms with Crippen LogP contribution in [0.25, 0.3) is 0 Å². The topological polar surface area (TPSA) is 121 Å². The lowest BCUT2D eigenvalue weighted by molar-refractivity contribution is -0.137. The molecule has 0 saturated carbocycles. The first kappa shape index (κ1) is 30.6. The van der Waals surface area contributed by atoms with Crippen LogP contribution in [-0.4, -0.2) is 64.4 Å². The Labute approximate surface area is 247 Å². The molecule has 0 bridgehead atoms. The third-order valence-corrected chi connectivity index (χ3v) is 7.84. The zero-order valence-electron chi connectivity index (χ0n) is 25.0. The van der Waals surface area contributed by atoms with E-state index < -0.39 is 17.9 Å². The van der Waals surface area contributed by atoms with Crippen molar-refractivity contribution in [1.29, 1.82) is 0 Å². The Morgan fingerprint density at radius 1 is 0.881 bits per heavy atom. The molecule has 224 valence electrons. The number of hydrogen-bond donors (Lipinski definition) is 4. The van der Waals surface area contributed by atoms with E-state index in [1.807, 2.05) is 0 Å². The van der Waals surface area contributed by atoms with E-state index in [1.54, 1.807) is 38.1 Å². The van der Waals surface area contributed by atoms with Gasteiger partial charge in [-0.15, -0.1) is 0 Å². The second-order valence-corrected chi connectivity index (χ2v) is 10.6. The summed E-state index contributed by atoms with van der Waals surface area (Å²) in [5.74, 6) is -1.83. The van der Waals surface area contributed by atoms with Gasteiger partial charge in [0.2, 0.25) is 0 Å². The van der Waals surface area contributed by atoms with Gasteiger partial charge in [-0.2, -0.15) is 0 Å². The Kier molecular flexibility index (Phi) is 10.2. The number of hydrogen-bond acceptors (Lipinski definition) is 8. The second kappa shape index (κ2) is 14.0. The Balaban J connectivity index is 1.32. The van der Waals surface area contributed by atoms with Crippen LogP contribution in [0.1, 0.15) is 43.7 Å². The number of ether oxygens (including phenoxy) is 2. The first-order valence-corrected chi connectivity index (χ1v) is 14.3. The normalized spacial score (nSPS) is 16.2. The number of dihydropyridines is 1. The first-order chi connectivity index (χ1) is 20.2. The van der Waals surface area contributed by atoms with Gasteiger partial charge >= 0.3 is 18.0 Å². The third-order valence-electron chi connectivity index (χ3n) is 7.84. The molecule has 0 atom stereocenters. The molecular weight excluding hydrogens is 534 g/mol. The molecule has 4 rings (SSSR count). The minimum Gasteiger partial charge on any atom is -0.466 e. The molecule has 2 aliphatic rings. The van der Waals surface area contributed by atoms with Crippen molar-refractivity contribution in [3.63, 3.8) is 0 Å².